The van der Waals surface area contributed by atoms with Crippen LogP contribution in [0.3, 0.4) is 0 Å². The zero-order valence-electron chi connectivity index (χ0n) is 10.4. The second kappa shape index (κ2) is 4.61. The van der Waals surface area contributed by atoms with Crippen molar-refractivity contribution in [1.29, 1.82) is 0 Å². The van der Waals surface area contributed by atoms with Gasteiger partial charge in [0.05, 0.1) is 0 Å². The lowest BCUT2D eigenvalue weighted by molar-refractivity contribution is 0.451. The number of rotatable bonds is 2. The third-order valence-corrected chi connectivity index (χ3v) is 2.89. The molecule has 0 aliphatic heterocycles. The summed E-state index contributed by atoms with van der Waals surface area (Å²) in [6.45, 7) is 4.02. The van der Waals surface area contributed by atoms with E-state index in [9.17, 15) is 15.3 Å². The van der Waals surface area contributed by atoms with Crippen molar-refractivity contribution < 1.29 is 15.3 Å². The van der Waals surface area contributed by atoms with Gasteiger partial charge in [-0.2, -0.15) is 0 Å². The van der Waals surface area contributed by atoms with E-state index in [0.29, 0.717) is 5.56 Å². The highest BCUT2D eigenvalue weighted by atomic mass is 16.3. The van der Waals surface area contributed by atoms with Gasteiger partial charge in [-0.3, -0.25) is 0 Å². The Morgan fingerprint density at radius 3 is 1.89 bits per heavy atom. The Morgan fingerprint density at radius 1 is 0.778 bits per heavy atom. The van der Waals surface area contributed by atoms with Crippen LogP contribution in [0.25, 0.3) is 11.1 Å². The lowest BCUT2D eigenvalue weighted by atomic mass is 9.97. The molecule has 3 N–H and O–H groups in total. The van der Waals surface area contributed by atoms with E-state index in [4.69, 9.17) is 0 Å². The Bertz CT molecular complexity index is 554. The molecule has 0 unspecified atom stereocenters. The summed E-state index contributed by atoms with van der Waals surface area (Å²) in [5.74, 6) is 0.469. The van der Waals surface area contributed by atoms with Gasteiger partial charge in [0.1, 0.15) is 17.2 Å². The van der Waals surface area contributed by atoms with Crippen molar-refractivity contribution in [3.63, 3.8) is 0 Å². The average Bonchev–Trinajstić information content (AvgIpc) is 2.26. The first-order chi connectivity index (χ1) is 8.47. The highest BCUT2D eigenvalue weighted by molar-refractivity contribution is 5.69. The Hall–Kier alpha value is -2.16. The van der Waals surface area contributed by atoms with Gasteiger partial charge in [0, 0.05) is 6.07 Å². The molecule has 0 atom stereocenters. The monoisotopic (exact) mass is 244 g/mol. The number of hydrogen-bond acceptors (Lipinski definition) is 3. The summed E-state index contributed by atoms with van der Waals surface area (Å²) in [7, 11) is 0. The molecule has 0 aliphatic carbocycles. The predicted octanol–water partition coefficient (Wildman–Crippen LogP) is 3.59. The van der Waals surface area contributed by atoms with Crippen LogP contribution in [0.5, 0.6) is 17.2 Å². The molecule has 0 fully saturated rings. The molecule has 3 heteroatoms. The molecule has 0 saturated heterocycles. The molecule has 0 heterocycles. The van der Waals surface area contributed by atoms with E-state index in [2.05, 4.69) is 0 Å². The maximum atomic E-state index is 9.94. The zero-order chi connectivity index (χ0) is 13.3. The van der Waals surface area contributed by atoms with Crippen molar-refractivity contribution in [3.05, 3.63) is 42.0 Å². The Kier molecular flexibility index (Phi) is 3.15. The van der Waals surface area contributed by atoms with E-state index >= 15 is 0 Å². The van der Waals surface area contributed by atoms with E-state index in [0.717, 1.165) is 11.1 Å². The van der Waals surface area contributed by atoms with Crippen molar-refractivity contribution in [1.82, 2.24) is 0 Å². The molecule has 0 saturated carbocycles. The molecule has 94 valence electrons. The Balaban J connectivity index is 2.48. The molecule has 2 rings (SSSR count). The second-order valence-corrected chi connectivity index (χ2v) is 4.67. The molecular formula is C15H16O3. The highest BCUT2D eigenvalue weighted by Crippen LogP contribution is 2.33. The molecule has 2 aromatic rings. The lowest BCUT2D eigenvalue weighted by Crippen LogP contribution is -1.88. The quantitative estimate of drug-likeness (QED) is 0.756. The maximum absolute atomic E-state index is 9.94. The fourth-order valence-corrected chi connectivity index (χ4v) is 1.97. The van der Waals surface area contributed by atoms with Crippen LogP contribution in [0.1, 0.15) is 25.3 Å². The molecule has 2 aromatic carbocycles. The molecule has 0 aliphatic rings. The zero-order valence-corrected chi connectivity index (χ0v) is 10.4. The first-order valence-electron chi connectivity index (χ1n) is 5.83. The van der Waals surface area contributed by atoms with Crippen LogP contribution >= 0.6 is 0 Å². The predicted molar refractivity (Wildman–Crippen MR) is 71.0 cm³/mol. The normalized spacial score (nSPS) is 10.8. The van der Waals surface area contributed by atoms with E-state index in [1.807, 2.05) is 26.0 Å². The summed E-state index contributed by atoms with van der Waals surface area (Å²) in [6, 6.07) is 9.72. The van der Waals surface area contributed by atoms with E-state index in [-0.39, 0.29) is 23.2 Å². The highest BCUT2D eigenvalue weighted by Gasteiger charge is 2.08. The van der Waals surface area contributed by atoms with Crippen molar-refractivity contribution >= 4 is 0 Å². The van der Waals surface area contributed by atoms with Gasteiger partial charge in [-0.15, -0.1) is 0 Å². The molecule has 0 spiro atoms. The summed E-state index contributed by atoms with van der Waals surface area (Å²) in [5.41, 5.74) is 2.30. The van der Waals surface area contributed by atoms with Crippen LogP contribution in [0.2, 0.25) is 0 Å². The third kappa shape index (κ3) is 2.40. The van der Waals surface area contributed by atoms with Crippen molar-refractivity contribution in [3.8, 4) is 28.4 Å². The van der Waals surface area contributed by atoms with Crippen molar-refractivity contribution in [2.45, 2.75) is 19.8 Å². The fourth-order valence-electron chi connectivity index (χ4n) is 1.97. The minimum Gasteiger partial charge on any atom is -0.508 e. The average molecular weight is 244 g/mol. The van der Waals surface area contributed by atoms with Gasteiger partial charge in [-0.25, -0.2) is 0 Å². The minimum absolute atomic E-state index is 0.00238. The van der Waals surface area contributed by atoms with Crippen molar-refractivity contribution in [2.24, 2.45) is 0 Å². The Morgan fingerprint density at radius 2 is 1.39 bits per heavy atom. The largest absolute Gasteiger partial charge is 0.508 e. The van der Waals surface area contributed by atoms with E-state index in [1.165, 1.54) is 6.07 Å². The minimum atomic E-state index is -0.00238. The SMILES string of the molecule is CC(C)c1ccc(-c2cc(O)cc(O)c2)cc1O. The van der Waals surface area contributed by atoms with Crippen LogP contribution in [0.4, 0.5) is 0 Å². The number of benzene rings is 2. The van der Waals surface area contributed by atoms with E-state index in [1.54, 1.807) is 18.2 Å². The molecule has 0 aromatic heterocycles. The maximum Gasteiger partial charge on any atom is 0.119 e. The summed E-state index contributed by atoms with van der Waals surface area (Å²) >= 11 is 0. The molecule has 18 heavy (non-hydrogen) atoms. The van der Waals surface area contributed by atoms with Crippen LogP contribution in [0.15, 0.2) is 36.4 Å². The number of aromatic hydroxyl groups is 3. The smallest absolute Gasteiger partial charge is 0.119 e. The number of phenols is 3. The van der Waals surface area contributed by atoms with Gasteiger partial charge < -0.3 is 15.3 Å². The topological polar surface area (TPSA) is 60.7 Å². The van der Waals surface area contributed by atoms with Gasteiger partial charge in [-0.05, 0) is 40.8 Å². The van der Waals surface area contributed by atoms with Crippen LogP contribution in [-0.2, 0) is 0 Å². The third-order valence-electron chi connectivity index (χ3n) is 2.89. The first-order valence-corrected chi connectivity index (χ1v) is 5.83. The standard InChI is InChI=1S/C15H16O3/c1-9(2)14-4-3-10(7-15(14)18)11-5-12(16)8-13(17)6-11/h3-9,16-18H,1-2H3. The summed E-state index contributed by atoms with van der Waals surface area (Å²) in [4.78, 5) is 0. The molecule has 0 radical (unpaired) electrons. The van der Waals surface area contributed by atoms with Gasteiger partial charge in [0.25, 0.3) is 0 Å². The van der Waals surface area contributed by atoms with Crippen LogP contribution in [-0.4, -0.2) is 15.3 Å². The van der Waals surface area contributed by atoms with Gasteiger partial charge in [0.2, 0.25) is 0 Å². The van der Waals surface area contributed by atoms with Crippen molar-refractivity contribution in [2.75, 3.05) is 0 Å². The van der Waals surface area contributed by atoms with E-state index < -0.39 is 0 Å². The summed E-state index contributed by atoms with van der Waals surface area (Å²) in [5, 5.41) is 28.8. The molecular weight excluding hydrogens is 228 g/mol. The first kappa shape index (κ1) is 12.3. The summed E-state index contributed by atoms with van der Waals surface area (Å²) in [6.07, 6.45) is 0. The summed E-state index contributed by atoms with van der Waals surface area (Å²) < 4.78 is 0. The Labute approximate surface area is 106 Å². The second-order valence-electron chi connectivity index (χ2n) is 4.67. The number of hydrogen-bond donors (Lipinski definition) is 3. The van der Waals surface area contributed by atoms with Crippen LogP contribution in [0, 0.1) is 0 Å². The lowest BCUT2D eigenvalue weighted by Gasteiger charge is -2.10. The van der Waals surface area contributed by atoms with Gasteiger partial charge in [-0.1, -0.05) is 26.0 Å². The molecule has 0 bridgehead atoms. The fraction of sp³-hybridized carbons (Fsp3) is 0.200. The molecule has 3 nitrogen and oxygen atoms in total. The van der Waals surface area contributed by atoms with Crippen LogP contribution < -0.4 is 0 Å². The van der Waals surface area contributed by atoms with Gasteiger partial charge in [0.15, 0.2) is 0 Å². The van der Waals surface area contributed by atoms with Gasteiger partial charge >= 0.3 is 0 Å². The molecule has 0 amide bonds. The number of phenolic OH excluding ortho intramolecular Hbond substituents is 3.